The second-order valence-electron chi connectivity index (χ2n) is 5.31. The van der Waals surface area contributed by atoms with E-state index in [9.17, 15) is 5.26 Å². The molecule has 122 valence electrons. The van der Waals surface area contributed by atoms with Gasteiger partial charge >= 0.3 is 0 Å². The Hall–Kier alpha value is -2.52. The highest BCUT2D eigenvalue weighted by molar-refractivity contribution is 9.10. The Morgan fingerprint density at radius 1 is 1.21 bits per heavy atom. The van der Waals surface area contributed by atoms with Crippen LogP contribution in [0, 0.1) is 11.3 Å². The number of rotatable bonds is 6. The zero-order valence-electron chi connectivity index (χ0n) is 13.1. The molecule has 0 aliphatic heterocycles. The molecule has 3 aromatic rings. The van der Waals surface area contributed by atoms with E-state index in [0.29, 0.717) is 28.8 Å². The van der Waals surface area contributed by atoms with Gasteiger partial charge in [0, 0.05) is 12.5 Å². The molecule has 1 aromatic carbocycles. The van der Waals surface area contributed by atoms with E-state index >= 15 is 0 Å². The van der Waals surface area contributed by atoms with Crippen LogP contribution in [0.3, 0.4) is 0 Å². The largest absolute Gasteiger partial charge is 0.444 e. The van der Waals surface area contributed by atoms with E-state index < -0.39 is 0 Å². The molecule has 2 heterocycles. The maximum absolute atomic E-state index is 9.27. The molecule has 0 fully saturated rings. The summed E-state index contributed by atoms with van der Waals surface area (Å²) in [6.45, 7) is 2.79. The topological polar surface area (TPSA) is 75.0 Å². The smallest absolute Gasteiger partial charge is 0.266 e. The standard InChI is InChI=1S/C18H16BrN3O2/c1-2-12(13-6-4-3-5-7-13)11-21-17-14(10-20)22-18(24-17)15-8-9-16(19)23-15/h3-9,12,21H,2,11H2,1H3/t12-/m0/s1. The van der Waals surface area contributed by atoms with Gasteiger partial charge < -0.3 is 14.2 Å². The molecular weight excluding hydrogens is 370 g/mol. The van der Waals surface area contributed by atoms with Crippen molar-refractivity contribution in [1.29, 1.82) is 5.26 Å². The summed E-state index contributed by atoms with van der Waals surface area (Å²) < 4.78 is 11.7. The Morgan fingerprint density at radius 3 is 2.62 bits per heavy atom. The first-order valence-electron chi connectivity index (χ1n) is 7.66. The minimum atomic E-state index is 0.223. The molecule has 24 heavy (non-hydrogen) atoms. The van der Waals surface area contributed by atoms with Crippen LogP contribution >= 0.6 is 15.9 Å². The van der Waals surface area contributed by atoms with Crippen LogP contribution in [0.15, 0.2) is 56.0 Å². The third kappa shape index (κ3) is 3.52. The number of benzene rings is 1. The number of aromatic nitrogens is 1. The van der Waals surface area contributed by atoms with Gasteiger partial charge in [-0.3, -0.25) is 0 Å². The molecule has 0 unspecified atom stereocenters. The molecule has 1 atom stereocenters. The van der Waals surface area contributed by atoms with Crippen LogP contribution < -0.4 is 5.32 Å². The number of nitrogens with zero attached hydrogens (tertiary/aromatic N) is 2. The average Bonchev–Trinajstić information content (AvgIpc) is 3.22. The minimum Gasteiger partial charge on any atom is -0.444 e. The van der Waals surface area contributed by atoms with Gasteiger partial charge in [0.2, 0.25) is 11.6 Å². The average molecular weight is 386 g/mol. The van der Waals surface area contributed by atoms with Crippen molar-refractivity contribution < 1.29 is 8.83 Å². The summed E-state index contributed by atoms with van der Waals surface area (Å²) in [5, 5.41) is 12.5. The van der Waals surface area contributed by atoms with Crippen LogP contribution in [0.25, 0.3) is 11.7 Å². The van der Waals surface area contributed by atoms with E-state index in [1.165, 1.54) is 5.56 Å². The van der Waals surface area contributed by atoms with Crippen molar-refractivity contribution in [3.8, 4) is 17.7 Å². The Labute approximate surface area is 148 Å². The van der Waals surface area contributed by atoms with E-state index in [1.54, 1.807) is 12.1 Å². The van der Waals surface area contributed by atoms with Gasteiger partial charge in [-0.25, -0.2) is 0 Å². The van der Waals surface area contributed by atoms with E-state index in [2.05, 4.69) is 51.4 Å². The van der Waals surface area contributed by atoms with Gasteiger partial charge in [-0.15, -0.1) is 0 Å². The van der Waals surface area contributed by atoms with E-state index in [0.717, 1.165) is 6.42 Å². The molecule has 1 N–H and O–H groups in total. The molecule has 0 aliphatic rings. The number of hydrogen-bond donors (Lipinski definition) is 1. The number of hydrogen-bond acceptors (Lipinski definition) is 5. The zero-order valence-corrected chi connectivity index (χ0v) is 14.7. The molecule has 6 heteroatoms. The van der Waals surface area contributed by atoms with Gasteiger partial charge in [0.15, 0.2) is 10.4 Å². The molecule has 0 saturated heterocycles. The lowest BCUT2D eigenvalue weighted by molar-refractivity contribution is 0.508. The van der Waals surface area contributed by atoms with Crippen molar-refractivity contribution in [3.63, 3.8) is 0 Å². The molecule has 0 spiro atoms. The van der Waals surface area contributed by atoms with Gasteiger partial charge in [-0.2, -0.15) is 10.2 Å². The fraction of sp³-hybridized carbons (Fsp3) is 0.222. The van der Waals surface area contributed by atoms with E-state index in [-0.39, 0.29) is 11.6 Å². The SMILES string of the molecule is CC[C@@H](CNc1oc(-c2ccc(Br)o2)nc1C#N)c1ccccc1. The number of nitriles is 1. The predicted octanol–water partition coefficient (Wildman–Crippen LogP) is 5.17. The molecule has 2 aromatic heterocycles. The van der Waals surface area contributed by atoms with Crippen molar-refractivity contribution in [1.82, 2.24) is 4.98 Å². The second kappa shape index (κ2) is 7.37. The Morgan fingerprint density at radius 2 is 2.00 bits per heavy atom. The quantitative estimate of drug-likeness (QED) is 0.632. The normalized spacial score (nSPS) is 11.9. The summed E-state index contributed by atoms with van der Waals surface area (Å²) in [6, 6.07) is 15.8. The van der Waals surface area contributed by atoms with Crippen LogP contribution in [-0.2, 0) is 0 Å². The van der Waals surface area contributed by atoms with Gasteiger partial charge in [0.1, 0.15) is 6.07 Å². The van der Waals surface area contributed by atoms with E-state index in [4.69, 9.17) is 8.83 Å². The van der Waals surface area contributed by atoms with Gasteiger partial charge in [-0.05, 0) is 40.0 Å². The number of nitrogens with one attached hydrogen (secondary N) is 1. The fourth-order valence-electron chi connectivity index (χ4n) is 2.49. The summed E-state index contributed by atoms with van der Waals surface area (Å²) in [7, 11) is 0. The predicted molar refractivity (Wildman–Crippen MR) is 94.6 cm³/mol. The van der Waals surface area contributed by atoms with Crippen LogP contribution in [0.5, 0.6) is 0 Å². The van der Waals surface area contributed by atoms with Crippen molar-refractivity contribution in [3.05, 3.63) is 58.4 Å². The molecule has 0 radical (unpaired) electrons. The van der Waals surface area contributed by atoms with Gasteiger partial charge in [0.05, 0.1) is 0 Å². The molecular formula is C18H16BrN3O2. The minimum absolute atomic E-state index is 0.223. The summed E-state index contributed by atoms with van der Waals surface area (Å²) >= 11 is 3.24. The lowest BCUT2D eigenvalue weighted by atomic mass is 9.96. The first-order chi connectivity index (χ1) is 11.7. The first-order valence-corrected chi connectivity index (χ1v) is 8.46. The van der Waals surface area contributed by atoms with E-state index in [1.807, 2.05) is 18.2 Å². The Kier molecular flexibility index (Phi) is 5.02. The summed E-state index contributed by atoms with van der Waals surface area (Å²) in [5.74, 6) is 1.45. The first kappa shape index (κ1) is 16.3. The van der Waals surface area contributed by atoms with Gasteiger partial charge in [-0.1, -0.05) is 37.3 Å². The highest BCUT2D eigenvalue weighted by Crippen LogP contribution is 2.29. The number of furan rings is 1. The summed E-state index contributed by atoms with van der Waals surface area (Å²) in [5.41, 5.74) is 1.47. The maximum atomic E-state index is 9.27. The lowest BCUT2D eigenvalue weighted by Gasteiger charge is -2.15. The van der Waals surface area contributed by atoms with Crippen LogP contribution in [-0.4, -0.2) is 11.5 Å². The van der Waals surface area contributed by atoms with Crippen molar-refractivity contribution >= 4 is 21.8 Å². The Bertz CT molecular complexity index is 849. The number of halogens is 1. The molecule has 5 nitrogen and oxygen atoms in total. The third-order valence-corrected chi connectivity index (χ3v) is 4.22. The highest BCUT2D eigenvalue weighted by atomic mass is 79.9. The van der Waals surface area contributed by atoms with Crippen LogP contribution in [0.4, 0.5) is 5.88 Å². The molecule has 0 aliphatic carbocycles. The Balaban J connectivity index is 1.77. The maximum Gasteiger partial charge on any atom is 0.266 e. The molecule has 3 rings (SSSR count). The third-order valence-electron chi connectivity index (χ3n) is 3.79. The fourth-order valence-corrected chi connectivity index (χ4v) is 2.80. The van der Waals surface area contributed by atoms with Crippen LogP contribution in [0.2, 0.25) is 0 Å². The van der Waals surface area contributed by atoms with Crippen molar-refractivity contribution in [2.24, 2.45) is 0 Å². The summed E-state index contributed by atoms with van der Waals surface area (Å²) in [4.78, 5) is 4.18. The molecule has 0 bridgehead atoms. The van der Waals surface area contributed by atoms with Crippen LogP contribution in [0.1, 0.15) is 30.5 Å². The number of oxazole rings is 1. The lowest BCUT2D eigenvalue weighted by Crippen LogP contribution is -2.12. The van der Waals surface area contributed by atoms with Crippen molar-refractivity contribution in [2.45, 2.75) is 19.3 Å². The highest BCUT2D eigenvalue weighted by Gasteiger charge is 2.18. The van der Waals surface area contributed by atoms with Crippen molar-refractivity contribution in [2.75, 3.05) is 11.9 Å². The number of anilines is 1. The monoisotopic (exact) mass is 385 g/mol. The summed E-state index contributed by atoms with van der Waals surface area (Å²) in [6.07, 6.45) is 0.977. The second-order valence-corrected chi connectivity index (χ2v) is 6.09. The molecule has 0 saturated carbocycles. The molecule has 0 amide bonds. The zero-order chi connectivity index (χ0) is 16.9. The van der Waals surface area contributed by atoms with Gasteiger partial charge in [0.25, 0.3) is 5.89 Å².